The SMILES string of the molecule is Cc1nc(C)c(C(=O)N2CCC(Cc3ccc(Cl)cc3)C2)s1. The van der Waals surface area contributed by atoms with Crippen molar-refractivity contribution in [2.24, 2.45) is 5.92 Å². The molecule has 0 saturated carbocycles. The second-order valence-corrected chi connectivity index (χ2v) is 7.52. The molecule has 0 radical (unpaired) electrons. The molecule has 1 saturated heterocycles. The van der Waals surface area contributed by atoms with Gasteiger partial charge in [-0.1, -0.05) is 23.7 Å². The molecule has 1 aromatic carbocycles. The number of carbonyl (C=O) groups excluding carboxylic acids is 1. The van der Waals surface area contributed by atoms with E-state index in [0.29, 0.717) is 5.92 Å². The van der Waals surface area contributed by atoms with E-state index in [-0.39, 0.29) is 5.91 Å². The number of rotatable bonds is 3. The molecule has 1 aliphatic heterocycles. The van der Waals surface area contributed by atoms with Crippen LogP contribution >= 0.6 is 22.9 Å². The summed E-state index contributed by atoms with van der Waals surface area (Å²) in [4.78, 5) is 19.7. The van der Waals surface area contributed by atoms with Crippen molar-refractivity contribution in [3.05, 3.63) is 50.4 Å². The number of aromatic nitrogens is 1. The van der Waals surface area contributed by atoms with E-state index in [1.54, 1.807) is 0 Å². The summed E-state index contributed by atoms with van der Waals surface area (Å²) in [5, 5.41) is 1.72. The lowest BCUT2D eigenvalue weighted by atomic mass is 9.99. The number of hydrogen-bond acceptors (Lipinski definition) is 3. The van der Waals surface area contributed by atoms with Gasteiger partial charge >= 0.3 is 0 Å². The summed E-state index contributed by atoms with van der Waals surface area (Å²) in [6.07, 6.45) is 2.06. The summed E-state index contributed by atoms with van der Waals surface area (Å²) in [6.45, 7) is 5.53. The Labute approximate surface area is 139 Å². The highest BCUT2D eigenvalue weighted by atomic mass is 35.5. The van der Waals surface area contributed by atoms with E-state index in [1.807, 2.05) is 30.9 Å². The lowest BCUT2D eigenvalue weighted by Crippen LogP contribution is -2.28. The quantitative estimate of drug-likeness (QED) is 0.846. The minimum Gasteiger partial charge on any atom is -0.338 e. The molecule has 1 atom stereocenters. The predicted molar refractivity (Wildman–Crippen MR) is 90.8 cm³/mol. The van der Waals surface area contributed by atoms with E-state index in [4.69, 9.17) is 11.6 Å². The molecule has 0 N–H and O–H groups in total. The van der Waals surface area contributed by atoms with Crippen molar-refractivity contribution < 1.29 is 4.79 Å². The topological polar surface area (TPSA) is 33.2 Å². The van der Waals surface area contributed by atoms with Crippen LogP contribution < -0.4 is 0 Å². The molecule has 0 aliphatic carbocycles. The molecule has 0 spiro atoms. The van der Waals surface area contributed by atoms with Crippen molar-refractivity contribution in [1.82, 2.24) is 9.88 Å². The Hall–Kier alpha value is -1.39. The van der Waals surface area contributed by atoms with Crippen molar-refractivity contribution >= 4 is 28.8 Å². The molecule has 0 bridgehead atoms. The Morgan fingerprint density at radius 1 is 1.36 bits per heavy atom. The largest absolute Gasteiger partial charge is 0.338 e. The second kappa shape index (κ2) is 6.39. The third-order valence-electron chi connectivity index (χ3n) is 4.11. The first-order valence-corrected chi connectivity index (χ1v) is 8.70. The fraction of sp³-hybridized carbons (Fsp3) is 0.412. The van der Waals surface area contributed by atoms with E-state index < -0.39 is 0 Å². The van der Waals surface area contributed by atoms with Crippen molar-refractivity contribution in [2.75, 3.05) is 13.1 Å². The first-order chi connectivity index (χ1) is 10.5. The van der Waals surface area contributed by atoms with Crippen LogP contribution in [0.1, 0.15) is 32.4 Å². The highest BCUT2D eigenvalue weighted by Gasteiger charge is 2.29. The molecule has 1 unspecified atom stereocenters. The van der Waals surface area contributed by atoms with Gasteiger partial charge in [-0.25, -0.2) is 4.98 Å². The van der Waals surface area contributed by atoms with Gasteiger partial charge < -0.3 is 4.90 Å². The van der Waals surface area contributed by atoms with Crippen molar-refractivity contribution in [3.63, 3.8) is 0 Å². The summed E-state index contributed by atoms with van der Waals surface area (Å²) in [5.41, 5.74) is 2.14. The predicted octanol–water partition coefficient (Wildman–Crippen LogP) is 4.12. The zero-order chi connectivity index (χ0) is 15.7. The van der Waals surface area contributed by atoms with Crippen LogP contribution in [0, 0.1) is 19.8 Å². The molecule has 3 nitrogen and oxygen atoms in total. The van der Waals surface area contributed by atoms with E-state index in [0.717, 1.165) is 46.5 Å². The van der Waals surface area contributed by atoms with Gasteiger partial charge in [0, 0.05) is 18.1 Å². The maximum atomic E-state index is 12.6. The number of nitrogens with zero attached hydrogens (tertiary/aromatic N) is 2. The number of likely N-dealkylation sites (tertiary alicyclic amines) is 1. The summed E-state index contributed by atoms with van der Waals surface area (Å²) >= 11 is 7.42. The van der Waals surface area contributed by atoms with Gasteiger partial charge in [0.25, 0.3) is 5.91 Å². The van der Waals surface area contributed by atoms with Crippen LogP contribution in [0.4, 0.5) is 0 Å². The third kappa shape index (κ3) is 3.33. The van der Waals surface area contributed by atoms with Crippen molar-refractivity contribution in [1.29, 1.82) is 0 Å². The molecule has 1 aliphatic rings. The van der Waals surface area contributed by atoms with Gasteiger partial charge in [-0.05, 0) is 50.3 Å². The number of halogens is 1. The average molecular weight is 335 g/mol. The monoisotopic (exact) mass is 334 g/mol. The van der Waals surface area contributed by atoms with Crippen LogP contribution in [0.15, 0.2) is 24.3 Å². The standard InChI is InChI=1S/C17H19ClN2OS/c1-11-16(22-12(2)19-11)17(21)20-8-7-14(10-20)9-13-3-5-15(18)6-4-13/h3-6,14H,7-10H2,1-2H3. The normalized spacial score (nSPS) is 18.0. The van der Waals surface area contributed by atoms with Gasteiger partial charge in [-0.2, -0.15) is 0 Å². The van der Waals surface area contributed by atoms with Gasteiger partial charge in [0.1, 0.15) is 4.88 Å². The maximum absolute atomic E-state index is 12.6. The molecule has 2 heterocycles. The van der Waals surface area contributed by atoms with Crippen LogP contribution in [0.5, 0.6) is 0 Å². The molecule has 5 heteroatoms. The van der Waals surface area contributed by atoms with Gasteiger partial charge in [0.15, 0.2) is 0 Å². The molecule has 116 valence electrons. The highest BCUT2D eigenvalue weighted by molar-refractivity contribution is 7.13. The Bertz CT molecular complexity index is 680. The number of thiazole rings is 1. The summed E-state index contributed by atoms with van der Waals surface area (Å²) in [7, 11) is 0. The van der Waals surface area contributed by atoms with Gasteiger partial charge in [-0.15, -0.1) is 11.3 Å². The van der Waals surface area contributed by atoms with Gasteiger partial charge in [-0.3, -0.25) is 4.79 Å². The van der Waals surface area contributed by atoms with Crippen LogP contribution in [0.2, 0.25) is 5.02 Å². The van der Waals surface area contributed by atoms with Crippen LogP contribution in [-0.4, -0.2) is 28.9 Å². The minimum atomic E-state index is 0.140. The molecular weight excluding hydrogens is 316 g/mol. The van der Waals surface area contributed by atoms with E-state index in [2.05, 4.69) is 17.1 Å². The number of carbonyl (C=O) groups is 1. The van der Waals surface area contributed by atoms with Crippen LogP contribution in [-0.2, 0) is 6.42 Å². The Morgan fingerprint density at radius 3 is 2.73 bits per heavy atom. The summed E-state index contributed by atoms with van der Waals surface area (Å²) in [6, 6.07) is 8.00. The minimum absolute atomic E-state index is 0.140. The molecule has 3 rings (SSSR count). The lowest BCUT2D eigenvalue weighted by Gasteiger charge is -2.16. The van der Waals surface area contributed by atoms with E-state index in [1.165, 1.54) is 16.9 Å². The van der Waals surface area contributed by atoms with Crippen molar-refractivity contribution in [2.45, 2.75) is 26.7 Å². The van der Waals surface area contributed by atoms with Crippen LogP contribution in [0.25, 0.3) is 0 Å². The van der Waals surface area contributed by atoms with Crippen molar-refractivity contribution in [3.8, 4) is 0 Å². The third-order valence-corrected chi connectivity index (χ3v) is 5.42. The number of amides is 1. The zero-order valence-corrected chi connectivity index (χ0v) is 14.4. The van der Waals surface area contributed by atoms with E-state index in [9.17, 15) is 4.79 Å². The highest BCUT2D eigenvalue weighted by Crippen LogP contribution is 2.26. The van der Waals surface area contributed by atoms with Crippen LogP contribution in [0.3, 0.4) is 0 Å². The fourth-order valence-corrected chi connectivity index (χ4v) is 4.02. The van der Waals surface area contributed by atoms with E-state index >= 15 is 0 Å². The molecule has 1 aromatic heterocycles. The van der Waals surface area contributed by atoms with Gasteiger partial charge in [0.05, 0.1) is 10.7 Å². The smallest absolute Gasteiger partial charge is 0.265 e. The number of aryl methyl sites for hydroxylation is 2. The molecule has 22 heavy (non-hydrogen) atoms. The fourth-order valence-electron chi connectivity index (χ4n) is 3.01. The van der Waals surface area contributed by atoms with Gasteiger partial charge in [0.2, 0.25) is 0 Å². The summed E-state index contributed by atoms with van der Waals surface area (Å²) in [5.74, 6) is 0.668. The maximum Gasteiger partial charge on any atom is 0.265 e. The Kier molecular flexibility index (Phi) is 4.50. The average Bonchev–Trinajstić information content (AvgIpc) is 3.07. The molecule has 1 amide bonds. The number of hydrogen-bond donors (Lipinski definition) is 0. The lowest BCUT2D eigenvalue weighted by molar-refractivity contribution is 0.0791. The Balaban J connectivity index is 1.63. The first-order valence-electron chi connectivity index (χ1n) is 7.50. The second-order valence-electron chi connectivity index (χ2n) is 5.88. The molecular formula is C17H19ClN2OS. The first kappa shape index (κ1) is 15.5. The molecule has 1 fully saturated rings. The zero-order valence-electron chi connectivity index (χ0n) is 12.8. The molecule has 2 aromatic rings. The Morgan fingerprint density at radius 2 is 2.09 bits per heavy atom. The summed E-state index contributed by atoms with van der Waals surface area (Å²) < 4.78 is 0. The number of benzene rings is 1.